The van der Waals surface area contributed by atoms with Gasteiger partial charge in [0, 0.05) is 29.6 Å². The number of aromatic nitrogens is 1. The molecule has 2 aliphatic rings. The van der Waals surface area contributed by atoms with E-state index < -0.39 is 23.6 Å². The first-order chi connectivity index (χ1) is 18.9. The van der Waals surface area contributed by atoms with E-state index in [1.165, 1.54) is 12.1 Å². The maximum absolute atomic E-state index is 13.6. The van der Waals surface area contributed by atoms with Crippen molar-refractivity contribution in [3.05, 3.63) is 100 Å². The monoisotopic (exact) mass is 551 g/mol. The van der Waals surface area contributed by atoms with E-state index >= 15 is 0 Å². The molecule has 208 valence electrons. The fourth-order valence-electron chi connectivity index (χ4n) is 5.19. The third-order valence-corrected chi connectivity index (χ3v) is 6.90. The normalized spacial score (nSPS) is 18.8. The lowest BCUT2D eigenvalue weighted by Gasteiger charge is -2.38. The Labute approximate surface area is 229 Å². The highest BCUT2D eigenvalue weighted by atomic mass is 19.4. The number of rotatable bonds is 6. The Bertz CT molecular complexity index is 1520. The van der Waals surface area contributed by atoms with Crippen molar-refractivity contribution in [1.82, 2.24) is 10.3 Å². The number of alkyl halides is 3. The molecular weight excluding hydrogens is 523 g/mol. The molecule has 3 heterocycles. The summed E-state index contributed by atoms with van der Waals surface area (Å²) in [6, 6.07) is 13.0. The average molecular weight is 552 g/mol. The van der Waals surface area contributed by atoms with Crippen LogP contribution < -0.4 is 15.4 Å². The van der Waals surface area contributed by atoms with Gasteiger partial charge in [-0.15, -0.1) is 0 Å². The number of pyridine rings is 1. The molecule has 1 aliphatic heterocycles. The van der Waals surface area contributed by atoms with Crippen molar-refractivity contribution in [3.63, 3.8) is 0 Å². The number of halogens is 3. The zero-order valence-electron chi connectivity index (χ0n) is 22.2. The summed E-state index contributed by atoms with van der Waals surface area (Å²) in [6.45, 7) is 5.67. The molecule has 0 radical (unpaired) electrons. The second-order valence-corrected chi connectivity index (χ2v) is 10.7. The number of allylic oxidation sites excluding steroid dienone is 3. The van der Waals surface area contributed by atoms with Gasteiger partial charge in [0.2, 0.25) is 0 Å². The Balaban J connectivity index is 1.46. The molecule has 0 saturated carbocycles. The van der Waals surface area contributed by atoms with Crippen LogP contribution in [0.5, 0.6) is 5.75 Å². The number of amides is 1. The van der Waals surface area contributed by atoms with Crippen molar-refractivity contribution in [1.29, 1.82) is 0 Å². The molecule has 0 saturated heterocycles. The quantitative estimate of drug-likeness (QED) is 0.363. The summed E-state index contributed by atoms with van der Waals surface area (Å²) in [7, 11) is 0. The molecule has 7 nitrogen and oxygen atoms in total. The van der Waals surface area contributed by atoms with Crippen molar-refractivity contribution in [2.24, 2.45) is 5.41 Å². The van der Waals surface area contributed by atoms with E-state index in [-0.39, 0.29) is 23.6 Å². The number of carbonyl (C=O) groups excluding carboxylic acids is 2. The molecular formula is C30H28F3N3O4. The van der Waals surface area contributed by atoms with Gasteiger partial charge < -0.3 is 19.8 Å². The molecule has 1 amide bonds. The zero-order valence-corrected chi connectivity index (χ0v) is 22.2. The van der Waals surface area contributed by atoms with Crippen LogP contribution in [-0.4, -0.2) is 16.7 Å². The van der Waals surface area contributed by atoms with Crippen LogP contribution in [0.4, 0.5) is 19.0 Å². The van der Waals surface area contributed by atoms with Crippen LogP contribution in [0.15, 0.2) is 87.8 Å². The second kappa shape index (κ2) is 10.3. The molecule has 0 bridgehead atoms. The van der Waals surface area contributed by atoms with Gasteiger partial charge in [-0.25, -0.2) is 4.98 Å². The highest BCUT2D eigenvalue weighted by Gasteiger charge is 2.44. The van der Waals surface area contributed by atoms with E-state index in [0.717, 1.165) is 17.8 Å². The van der Waals surface area contributed by atoms with E-state index in [2.05, 4.69) is 15.6 Å². The van der Waals surface area contributed by atoms with Crippen molar-refractivity contribution >= 4 is 17.5 Å². The number of dihydropyridines is 1. The van der Waals surface area contributed by atoms with E-state index in [9.17, 15) is 22.8 Å². The minimum Gasteiger partial charge on any atom is -0.486 e. The number of furan rings is 1. The minimum atomic E-state index is -4.49. The standard InChI is InChI=1S/C30H28F3N3O4/c1-17-25(28(38)36-24-9-4-5-12-34-24)27(26-21(35-17)14-29(2,3)15-22(26)37)23-11-10-20(40-23)16-39-19-8-6-7-18(13-19)30(31,32)33/h4-13,27,35H,14-16H2,1-3H3,(H,34,36,38)/t27-/m0/s1. The summed E-state index contributed by atoms with van der Waals surface area (Å²) in [6.07, 6.45) is -2.01. The first-order valence-electron chi connectivity index (χ1n) is 12.8. The van der Waals surface area contributed by atoms with E-state index in [1.54, 1.807) is 43.5 Å². The molecule has 2 N–H and O–H groups in total. The minimum absolute atomic E-state index is 0.0375. The molecule has 1 atom stereocenters. The largest absolute Gasteiger partial charge is 0.486 e. The lowest BCUT2D eigenvalue weighted by Crippen LogP contribution is -2.39. The van der Waals surface area contributed by atoms with E-state index in [1.807, 2.05) is 13.8 Å². The summed E-state index contributed by atoms with van der Waals surface area (Å²) in [5.41, 5.74) is 1.04. The zero-order chi connectivity index (χ0) is 28.7. The van der Waals surface area contributed by atoms with Gasteiger partial charge in [0.25, 0.3) is 5.91 Å². The molecule has 0 spiro atoms. The molecule has 10 heteroatoms. The number of ketones is 1. The van der Waals surface area contributed by atoms with Crippen LogP contribution in [0, 0.1) is 5.41 Å². The highest BCUT2D eigenvalue weighted by molar-refractivity contribution is 6.09. The lowest BCUT2D eigenvalue weighted by atomic mass is 9.69. The number of anilines is 1. The summed E-state index contributed by atoms with van der Waals surface area (Å²) in [5, 5.41) is 6.09. The summed E-state index contributed by atoms with van der Waals surface area (Å²) >= 11 is 0. The van der Waals surface area contributed by atoms with Crippen LogP contribution in [0.25, 0.3) is 0 Å². The van der Waals surface area contributed by atoms with Crippen LogP contribution in [0.1, 0.15) is 56.6 Å². The number of nitrogens with one attached hydrogen (secondary N) is 2. The topological polar surface area (TPSA) is 93.5 Å². The molecule has 2 aromatic heterocycles. The maximum atomic E-state index is 13.6. The number of ether oxygens (including phenoxy) is 1. The van der Waals surface area contributed by atoms with Crippen molar-refractivity contribution in [2.45, 2.75) is 52.3 Å². The molecule has 0 fully saturated rings. The SMILES string of the molecule is CC1=C(C(=O)Nc2ccccn2)[C@H](c2ccc(COc3cccc(C(F)(F)F)c3)o2)C2=C(CC(C)(C)CC2=O)N1. The molecule has 5 rings (SSSR count). The Hall–Kier alpha value is -4.34. The van der Waals surface area contributed by atoms with Crippen molar-refractivity contribution in [2.75, 3.05) is 5.32 Å². The highest BCUT2D eigenvalue weighted by Crippen LogP contribution is 2.47. The maximum Gasteiger partial charge on any atom is 0.416 e. The van der Waals surface area contributed by atoms with Crippen LogP contribution in [-0.2, 0) is 22.4 Å². The van der Waals surface area contributed by atoms with Gasteiger partial charge in [0.05, 0.1) is 17.1 Å². The van der Waals surface area contributed by atoms with Crippen LogP contribution in [0.2, 0.25) is 0 Å². The predicted molar refractivity (Wildman–Crippen MR) is 141 cm³/mol. The van der Waals surface area contributed by atoms with Crippen molar-refractivity contribution < 1.29 is 31.9 Å². The first-order valence-corrected chi connectivity index (χ1v) is 12.8. The number of hydrogen-bond donors (Lipinski definition) is 2. The molecule has 3 aromatic rings. The van der Waals surface area contributed by atoms with E-state index in [4.69, 9.17) is 9.15 Å². The second-order valence-electron chi connectivity index (χ2n) is 10.7. The molecule has 1 aromatic carbocycles. The summed E-state index contributed by atoms with van der Waals surface area (Å²) in [5.74, 6) is -0.221. The predicted octanol–water partition coefficient (Wildman–Crippen LogP) is 6.52. The average Bonchev–Trinajstić information content (AvgIpc) is 3.35. The molecule has 40 heavy (non-hydrogen) atoms. The van der Waals surface area contributed by atoms with Crippen molar-refractivity contribution in [3.8, 4) is 5.75 Å². The van der Waals surface area contributed by atoms with Gasteiger partial charge in [-0.3, -0.25) is 9.59 Å². The molecule has 0 unspecified atom stereocenters. The third-order valence-electron chi connectivity index (χ3n) is 6.90. The van der Waals surface area contributed by atoms with Gasteiger partial charge in [-0.2, -0.15) is 13.2 Å². The van der Waals surface area contributed by atoms with Crippen LogP contribution in [0.3, 0.4) is 0 Å². The van der Waals surface area contributed by atoms with Gasteiger partial charge >= 0.3 is 6.18 Å². The summed E-state index contributed by atoms with van der Waals surface area (Å²) < 4.78 is 50.9. The number of carbonyl (C=O) groups is 2. The molecule has 1 aliphatic carbocycles. The fraction of sp³-hybridized carbons (Fsp3) is 0.300. The Morgan fingerprint density at radius 1 is 1.15 bits per heavy atom. The number of benzene rings is 1. The Morgan fingerprint density at radius 3 is 2.67 bits per heavy atom. The fourth-order valence-corrected chi connectivity index (χ4v) is 5.19. The van der Waals surface area contributed by atoms with Gasteiger partial charge in [-0.1, -0.05) is 26.0 Å². The smallest absolute Gasteiger partial charge is 0.416 e. The van der Waals surface area contributed by atoms with Gasteiger partial charge in [-0.05, 0) is 61.2 Å². The number of nitrogens with zero attached hydrogens (tertiary/aromatic N) is 1. The lowest BCUT2D eigenvalue weighted by molar-refractivity contribution is -0.137. The Kier molecular flexibility index (Phi) is 7.03. The van der Waals surface area contributed by atoms with Crippen LogP contribution >= 0.6 is 0 Å². The third kappa shape index (κ3) is 5.66. The number of Topliss-reactive ketones (excluding diaryl/α,β-unsaturated/α-hetero) is 1. The van der Waals surface area contributed by atoms with Gasteiger partial charge in [0.1, 0.15) is 29.7 Å². The first kappa shape index (κ1) is 27.2. The van der Waals surface area contributed by atoms with E-state index in [0.29, 0.717) is 47.0 Å². The summed E-state index contributed by atoms with van der Waals surface area (Å²) in [4.78, 5) is 31.2. The Morgan fingerprint density at radius 2 is 1.95 bits per heavy atom. The van der Waals surface area contributed by atoms with Gasteiger partial charge in [0.15, 0.2) is 5.78 Å². The number of hydrogen-bond acceptors (Lipinski definition) is 6.